The third kappa shape index (κ3) is 15.1. The summed E-state index contributed by atoms with van der Waals surface area (Å²) >= 11 is 0. The highest BCUT2D eigenvalue weighted by Gasteiger charge is 2.34. The lowest BCUT2D eigenvalue weighted by atomic mass is 9.70. The zero-order chi connectivity index (χ0) is 23.9. The quantitative estimate of drug-likeness (QED) is 0.116. The first-order valence-corrected chi connectivity index (χ1v) is 13.6. The topological polar surface area (TPSA) is 113 Å². The zero-order valence-electron chi connectivity index (χ0n) is 21.3. The number of hydrogen-bond donors (Lipinski definition) is 5. The van der Waals surface area contributed by atoms with Crippen LogP contribution in [0.15, 0.2) is 11.4 Å². The first kappa shape index (κ1) is 31.2. The Labute approximate surface area is 199 Å². The van der Waals surface area contributed by atoms with E-state index in [1.54, 1.807) is 0 Å². The van der Waals surface area contributed by atoms with Gasteiger partial charge in [0.25, 0.3) is 0 Å². The minimum atomic E-state index is -0.493. The van der Waals surface area contributed by atoms with Gasteiger partial charge in [0.05, 0.1) is 5.82 Å². The number of nitrogens with two attached hydrogens (primary N) is 2. The molecule has 0 aliphatic carbocycles. The van der Waals surface area contributed by atoms with Gasteiger partial charge in [-0.15, -0.1) is 0 Å². The van der Waals surface area contributed by atoms with E-state index in [4.69, 9.17) is 11.5 Å². The van der Waals surface area contributed by atoms with Crippen molar-refractivity contribution in [3.63, 3.8) is 0 Å². The maximum atomic E-state index is 9.53. The highest BCUT2D eigenvalue weighted by Crippen LogP contribution is 2.41. The maximum Gasteiger partial charge on any atom is 0.0931 e. The molecule has 0 rings (SSSR count). The second-order valence-electron chi connectivity index (χ2n) is 9.69. The van der Waals surface area contributed by atoms with Crippen molar-refractivity contribution in [3.05, 3.63) is 11.4 Å². The van der Waals surface area contributed by atoms with E-state index >= 15 is 0 Å². The maximum absolute atomic E-state index is 9.53. The Bertz CT molecular complexity index is 420. The Morgan fingerprint density at radius 3 is 1.12 bits per heavy atom. The van der Waals surface area contributed by atoms with Crippen LogP contribution in [0.2, 0.25) is 0 Å². The van der Waals surface area contributed by atoms with Crippen LogP contribution in [0, 0.1) is 5.41 Å². The SMILES string of the molecule is CCCCCCCCCCCCCCCCCCC(=C(N)N)C(CCO)(CCO)CCO. The Morgan fingerprint density at radius 2 is 0.844 bits per heavy atom. The molecule has 32 heavy (non-hydrogen) atoms. The smallest absolute Gasteiger partial charge is 0.0931 e. The molecule has 5 nitrogen and oxygen atoms in total. The summed E-state index contributed by atoms with van der Waals surface area (Å²) in [6.07, 6.45) is 23.5. The van der Waals surface area contributed by atoms with E-state index in [0.29, 0.717) is 25.1 Å². The van der Waals surface area contributed by atoms with Gasteiger partial charge in [-0.05, 0) is 37.7 Å². The van der Waals surface area contributed by atoms with Gasteiger partial charge in [-0.25, -0.2) is 0 Å². The van der Waals surface area contributed by atoms with Crippen LogP contribution in [0.4, 0.5) is 0 Å². The number of unbranched alkanes of at least 4 members (excludes halogenated alkanes) is 15. The molecule has 0 aliphatic rings. The summed E-state index contributed by atoms with van der Waals surface area (Å²) in [5.41, 5.74) is 12.4. The third-order valence-electron chi connectivity index (χ3n) is 7.04. The van der Waals surface area contributed by atoms with E-state index in [-0.39, 0.29) is 19.8 Å². The first-order valence-electron chi connectivity index (χ1n) is 13.6. The summed E-state index contributed by atoms with van der Waals surface area (Å²) in [5.74, 6) is 0.293. The van der Waals surface area contributed by atoms with Crippen molar-refractivity contribution in [2.24, 2.45) is 16.9 Å². The highest BCUT2D eigenvalue weighted by molar-refractivity contribution is 5.19. The van der Waals surface area contributed by atoms with Crippen LogP contribution in [-0.2, 0) is 0 Å². The molecule has 0 heterocycles. The Balaban J connectivity index is 3.91. The van der Waals surface area contributed by atoms with Crippen LogP contribution >= 0.6 is 0 Å². The van der Waals surface area contributed by atoms with E-state index in [0.717, 1.165) is 24.8 Å². The van der Waals surface area contributed by atoms with Crippen molar-refractivity contribution < 1.29 is 15.3 Å². The fourth-order valence-electron chi connectivity index (χ4n) is 5.04. The Hall–Kier alpha value is -0.780. The predicted octanol–water partition coefficient (Wildman–Crippen LogP) is 5.90. The van der Waals surface area contributed by atoms with Crippen LogP contribution in [0.3, 0.4) is 0 Å². The van der Waals surface area contributed by atoms with Gasteiger partial charge in [0, 0.05) is 25.2 Å². The van der Waals surface area contributed by atoms with Crippen molar-refractivity contribution in [3.8, 4) is 0 Å². The molecule has 5 heteroatoms. The monoisotopic (exact) mass is 456 g/mol. The van der Waals surface area contributed by atoms with Gasteiger partial charge in [0.1, 0.15) is 0 Å². The molecule has 7 N–H and O–H groups in total. The molecule has 0 saturated carbocycles. The lowest BCUT2D eigenvalue weighted by molar-refractivity contribution is 0.123. The van der Waals surface area contributed by atoms with Gasteiger partial charge in [-0.2, -0.15) is 0 Å². The van der Waals surface area contributed by atoms with Crippen molar-refractivity contribution in [2.45, 2.75) is 135 Å². The van der Waals surface area contributed by atoms with Crippen molar-refractivity contribution in [1.82, 2.24) is 0 Å². The second-order valence-corrected chi connectivity index (χ2v) is 9.69. The summed E-state index contributed by atoms with van der Waals surface area (Å²) in [7, 11) is 0. The fraction of sp³-hybridized carbons (Fsp3) is 0.926. The van der Waals surface area contributed by atoms with Gasteiger partial charge in [-0.1, -0.05) is 103 Å². The lowest BCUT2D eigenvalue weighted by Crippen LogP contribution is -2.32. The molecule has 0 saturated heterocycles. The predicted molar refractivity (Wildman–Crippen MR) is 137 cm³/mol. The summed E-state index contributed by atoms with van der Waals surface area (Å²) in [6.45, 7) is 2.26. The molecular weight excluding hydrogens is 400 g/mol. The number of hydrogen-bond acceptors (Lipinski definition) is 5. The minimum Gasteiger partial charge on any atom is -0.396 e. The standard InChI is InChI=1S/C27H56N2O3/c1-2-3-4-5-6-7-8-9-10-11-12-13-14-15-16-17-18-25(26(28)29)27(19-22-30,20-23-31)21-24-32/h30-32H,2-24,28-29H2,1H3. The number of rotatable bonds is 24. The van der Waals surface area contributed by atoms with Gasteiger partial charge < -0.3 is 26.8 Å². The van der Waals surface area contributed by atoms with Crippen molar-refractivity contribution in [1.29, 1.82) is 0 Å². The van der Waals surface area contributed by atoms with Gasteiger partial charge in [0.2, 0.25) is 0 Å². The molecule has 0 aliphatic heterocycles. The van der Waals surface area contributed by atoms with E-state index < -0.39 is 5.41 Å². The third-order valence-corrected chi connectivity index (χ3v) is 7.04. The van der Waals surface area contributed by atoms with Gasteiger partial charge >= 0.3 is 0 Å². The van der Waals surface area contributed by atoms with Crippen LogP contribution in [0.25, 0.3) is 0 Å². The Morgan fingerprint density at radius 1 is 0.531 bits per heavy atom. The normalized spacial score (nSPS) is 11.8. The van der Waals surface area contributed by atoms with Crippen molar-refractivity contribution in [2.75, 3.05) is 19.8 Å². The molecule has 0 radical (unpaired) electrons. The van der Waals surface area contributed by atoms with Gasteiger partial charge in [0.15, 0.2) is 0 Å². The van der Waals surface area contributed by atoms with Crippen molar-refractivity contribution >= 4 is 0 Å². The molecule has 0 aromatic heterocycles. The number of aliphatic hydroxyl groups excluding tert-OH is 3. The molecule has 0 aromatic rings. The largest absolute Gasteiger partial charge is 0.396 e. The second kappa shape index (κ2) is 22.0. The fourth-order valence-corrected chi connectivity index (χ4v) is 5.04. The van der Waals surface area contributed by atoms with E-state index in [1.807, 2.05) is 0 Å². The highest BCUT2D eigenvalue weighted by atomic mass is 16.3. The summed E-state index contributed by atoms with van der Waals surface area (Å²) in [4.78, 5) is 0. The molecule has 0 unspecified atom stereocenters. The van der Waals surface area contributed by atoms with Crippen LogP contribution in [0.5, 0.6) is 0 Å². The summed E-state index contributed by atoms with van der Waals surface area (Å²) < 4.78 is 0. The molecule has 0 bridgehead atoms. The molecule has 0 aromatic carbocycles. The van der Waals surface area contributed by atoms with Crippen LogP contribution in [-0.4, -0.2) is 35.1 Å². The van der Waals surface area contributed by atoms with E-state index in [2.05, 4.69) is 6.92 Å². The number of allylic oxidation sites excluding steroid dienone is 1. The molecule has 0 amide bonds. The number of aliphatic hydroxyl groups is 3. The lowest BCUT2D eigenvalue weighted by Gasteiger charge is -2.36. The molecule has 0 spiro atoms. The van der Waals surface area contributed by atoms with E-state index in [1.165, 1.54) is 89.9 Å². The van der Waals surface area contributed by atoms with E-state index in [9.17, 15) is 15.3 Å². The summed E-state index contributed by atoms with van der Waals surface area (Å²) in [5, 5.41) is 28.6. The molecule has 0 fully saturated rings. The zero-order valence-corrected chi connectivity index (χ0v) is 21.3. The minimum absolute atomic E-state index is 0.00423. The molecular formula is C27H56N2O3. The molecule has 192 valence electrons. The molecule has 0 atom stereocenters. The first-order chi connectivity index (χ1) is 15.6. The Kier molecular flexibility index (Phi) is 21.5. The van der Waals surface area contributed by atoms with Gasteiger partial charge in [-0.3, -0.25) is 0 Å². The van der Waals surface area contributed by atoms with Crippen LogP contribution < -0.4 is 11.5 Å². The summed E-state index contributed by atoms with van der Waals surface area (Å²) in [6, 6.07) is 0. The average Bonchev–Trinajstić information content (AvgIpc) is 2.76. The van der Waals surface area contributed by atoms with Crippen LogP contribution in [0.1, 0.15) is 135 Å². The average molecular weight is 457 g/mol.